The molecule has 8 N–H and O–H groups in total. The van der Waals surface area contributed by atoms with Crippen LogP contribution in [-0.2, 0) is 13.1 Å². The van der Waals surface area contributed by atoms with E-state index in [9.17, 15) is 4.79 Å². The number of benzene rings is 1. The Hall–Kier alpha value is -2.97. The fourth-order valence-corrected chi connectivity index (χ4v) is 3.12. The molecule has 11 nitrogen and oxygen atoms in total. The van der Waals surface area contributed by atoms with Gasteiger partial charge in [0, 0.05) is 35.6 Å². The quantitative estimate of drug-likeness (QED) is 0.0968. The van der Waals surface area contributed by atoms with Crippen LogP contribution in [0.25, 0.3) is 0 Å². The first kappa shape index (κ1) is 23.7. The Morgan fingerprint density at radius 3 is 2.69 bits per heavy atom. The summed E-state index contributed by atoms with van der Waals surface area (Å²) >= 11 is 8.41. The van der Waals surface area contributed by atoms with Crippen molar-refractivity contribution in [2.24, 2.45) is 10.7 Å². The van der Waals surface area contributed by atoms with Gasteiger partial charge in [-0.05, 0) is 40.3 Å². The molecule has 3 aromatic rings. The molecule has 0 aliphatic heterocycles. The van der Waals surface area contributed by atoms with Crippen molar-refractivity contribution in [1.29, 1.82) is 0 Å². The molecule has 0 aliphatic rings. The Balaban J connectivity index is 1.52. The third kappa shape index (κ3) is 7.03. The average molecular weight is 569 g/mol. The van der Waals surface area contributed by atoms with E-state index < -0.39 is 5.91 Å². The molecular formula is C19H22ClIN10O. The maximum Gasteiger partial charge on any atom is 0.302 e. The van der Waals surface area contributed by atoms with Crippen LogP contribution in [-0.4, -0.2) is 44.9 Å². The normalized spacial score (nSPS) is 11.4. The van der Waals surface area contributed by atoms with Gasteiger partial charge in [0.05, 0.1) is 6.54 Å². The lowest BCUT2D eigenvalue weighted by Gasteiger charge is -2.10. The number of hydrogen-bond donors (Lipinski definition) is 6. The lowest BCUT2D eigenvalue weighted by molar-refractivity contribution is 0.0998. The molecule has 2 heterocycles. The van der Waals surface area contributed by atoms with Crippen LogP contribution in [0.15, 0.2) is 41.7 Å². The second-order valence-corrected chi connectivity index (χ2v) is 8.12. The van der Waals surface area contributed by atoms with Crippen molar-refractivity contribution in [1.82, 2.24) is 30.6 Å². The Morgan fingerprint density at radius 2 is 1.97 bits per heavy atom. The van der Waals surface area contributed by atoms with E-state index >= 15 is 0 Å². The molecule has 0 fully saturated rings. The molecule has 0 aliphatic carbocycles. The summed E-state index contributed by atoms with van der Waals surface area (Å²) in [6, 6.07) is 7.95. The van der Waals surface area contributed by atoms with E-state index in [0.717, 1.165) is 15.0 Å². The molecule has 0 spiro atoms. The summed E-state index contributed by atoms with van der Waals surface area (Å²) in [5, 5.41) is 9.06. The first-order valence-corrected chi connectivity index (χ1v) is 11.0. The number of amides is 1. The van der Waals surface area contributed by atoms with Gasteiger partial charge in [0.15, 0.2) is 28.4 Å². The molecule has 2 aromatic heterocycles. The monoisotopic (exact) mass is 568 g/mol. The van der Waals surface area contributed by atoms with Crippen molar-refractivity contribution in [3.63, 3.8) is 0 Å². The molecule has 0 unspecified atom stereocenters. The van der Waals surface area contributed by atoms with Gasteiger partial charge in [-0.1, -0.05) is 23.7 Å². The summed E-state index contributed by atoms with van der Waals surface area (Å²) in [7, 11) is 0. The van der Waals surface area contributed by atoms with Crippen LogP contribution in [0, 0.1) is 3.57 Å². The first-order chi connectivity index (χ1) is 15.4. The molecule has 0 radical (unpaired) electrons. The highest BCUT2D eigenvalue weighted by molar-refractivity contribution is 14.1. The van der Waals surface area contributed by atoms with E-state index in [4.69, 9.17) is 23.1 Å². The number of nitrogen functional groups attached to an aromatic ring is 1. The SMILES string of the molecule is N/C(=N\C(=O)c1nc(Cl)c(NCc2ccc(I)cc2)nc1N)NCCNCc1ncc[nH]1. The Labute approximate surface area is 203 Å². The topological polar surface area (TPSA) is 172 Å². The maximum absolute atomic E-state index is 12.4. The molecule has 13 heteroatoms. The summed E-state index contributed by atoms with van der Waals surface area (Å²) in [6.07, 6.45) is 3.43. The number of halogens is 2. The lowest BCUT2D eigenvalue weighted by atomic mass is 10.2. The predicted octanol–water partition coefficient (Wildman–Crippen LogP) is 1.49. The zero-order valence-electron chi connectivity index (χ0n) is 16.9. The van der Waals surface area contributed by atoms with Crippen molar-refractivity contribution in [2.75, 3.05) is 24.1 Å². The summed E-state index contributed by atoms with van der Waals surface area (Å²) in [4.78, 5) is 31.4. The van der Waals surface area contributed by atoms with Gasteiger partial charge in [-0.3, -0.25) is 4.79 Å². The zero-order valence-corrected chi connectivity index (χ0v) is 19.8. The average Bonchev–Trinajstić information content (AvgIpc) is 3.28. The van der Waals surface area contributed by atoms with Crippen molar-refractivity contribution in [3.8, 4) is 0 Å². The first-order valence-electron chi connectivity index (χ1n) is 9.55. The molecule has 3 rings (SSSR count). The molecule has 1 amide bonds. The number of nitrogens with two attached hydrogens (primary N) is 2. The predicted molar refractivity (Wildman–Crippen MR) is 132 cm³/mol. The number of aromatic nitrogens is 4. The third-order valence-electron chi connectivity index (χ3n) is 4.13. The summed E-state index contributed by atoms with van der Waals surface area (Å²) in [6.45, 7) is 2.09. The molecule has 168 valence electrons. The number of rotatable bonds is 9. The van der Waals surface area contributed by atoms with Crippen LogP contribution in [0.2, 0.25) is 5.15 Å². The van der Waals surface area contributed by atoms with E-state index in [-0.39, 0.29) is 28.4 Å². The van der Waals surface area contributed by atoms with Crippen molar-refractivity contribution < 1.29 is 4.79 Å². The minimum atomic E-state index is -0.741. The van der Waals surface area contributed by atoms with Crippen molar-refractivity contribution in [3.05, 3.63) is 62.5 Å². The van der Waals surface area contributed by atoms with E-state index in [1.807, 2.05) is 24.3 Å². The number of nitrogens with one attached hydrogen (secondary N) is 4. The number of imidazole rings is 1. The molecule has 1 aromatic carbocycles. The van der Waals surface area contributed by atoms with Crippen LogP contribution < -0.4 is 27.4 Å². The van der Waals surface area contributed by atoms with Gasteiger partial charge >= 0.3 is 5.91 Å². The van der Waals surface area contributed by atoms with Crippen molar-refractivity contribution >= 4 is 57.7 Å². The largest absolute Gasteiger partial charge is 0.382 e. The van der Waals surface area contributed by atoms with Gasteiger partial charge in [0.2, 0.25) is 0 Å². The number of carbonyl (C=O) groups is 1. The zero-order chi connectivity index (χ0) is 22.9. The molecular weight excluding hydrogens is 547 g/mol. The van der Waals surface area contributed by atoms with Crippen LogP contribution in [0.5, 0.6) is 0 Å². The second-order valence-electron chi connectivity index (χ2n) is 6.52. The van der Waals surface area contributed by atoms with Gasteiger partial charge in [0.25, 0.3) is 0 Å². The fraction of sp³-hybridized carbons (Fsp3) is 0.211. The van der Waals surface area contributed by atoms with E-state index in [2.05, 4.69) is 63.5 Å². The number of guanidine groups is 1. The van der Waals surface area contributed by atoms with Crippen molar-refractivity contribution in [2.45, 2.75) is 13.1 Å². The number of carbonyl (C=O) groups excluding carboxylic acids is 1. The standard InChI is InChI=1S/C19H22ClIN10O/c20-15-17(28-9-11-1-3-12(21)4-2-11)30-16(22)14(29-15)18(32)31-19(23)27-6-5-24-10-13-25-7-8-26-13/h1-4,7-8,24H,5-6,9-10H2,(H,25,26)(H3,22,28,30)(H3,23,27,31,32). The van der Waals surface area contributed by atoms with Crippen LogP contribution >= 0.6 is 34.2 Å². The highest BCUT2D eigenvalue weighted by atomic mass is 127. The summed E-state index contributed by atoms with van der Waals surface area (Å²) in [5.41, 5.74) is 12.5. The Kier molecular flexibility index (Phi) is 8.58. The van der Waals surface area contributed by atoms with Gasteiger partial charge in [-0.15, -0.1) is 0 Å². The lowest BCUT2D eigenvalue weighted by Crippen LogP contribution is -2.37. The molecule has 0 bridgehead atoms. The second kappa shape index (κ2) is 11.6. The number of aliphatic imine (C=N–C) groups is 1. The highest BCUT2D eigenvalue weighted by Crippen LogP contribution is 2.22. The minimum Gasteiger partial charge on any atom is -0.382 e. The summed E-state index contributed by atoms with van der Waals surface area (Å²) < 4.78 is 1.13. The number of hydrogen-bond acceptors (Lipinski definition) is 7. The Bertz CT molecular complexity index is 1070. The maximum atomic E-state index is 12.4. The number of nitrogens with zero attached hydrogens (tertiary/aromatic N) is 4. The molecule has 0 atom stereocenters. The smallest absolute Gasteiger partial charge is 0.302 e. The summed E-state index contributed by atoms with van der Waals surface area (Å²) in [5.74, 6) is 0.199. The number of anilines is 2. The highest BCUT2D eigenvalue weighted by Gasteiger charge is 2.17. The van der Waals surface area contributed by atoms with Crippen LogP contribution in [0.4, 0.5) is 11.6 Å². The van der Waals surface area contributed by atoms with Gasteiger partial charge < -0.3 is 32.4 Å². The molecule has 0 saturated carbocycles. The number of H-pyrrole nitrogens is 1. The van der Waals surface area contributed by atoms with Gasteiger partial charge in [-0.25, -0.2) is 15.0 Å². The van der Waals surface area contributed by atoms with E-state index in [1.54, 1.807) is 12.4 Å². The minimum absolute atomic E-state index is 0.0110. The van der Waals surface area contributed by atoms with Crippen LogP contribution in [0.3, 0.4) is 0 Å². The third-order valence-corrected chi connectivity index (χ3v) is 5.12. The molecule has 0 saturated heterocycles. The van der Waals surface area contributed by atoms with E-state index in [1.165, 1.54) is 0 Å². The number of aromatic amines is 1. The van der Waals surface area contributed by atoms with Gasteiger partial charge in [0.1, 0.15) is 5.82 Å². The van der Waals surface area contributed by atoms with Gasteiger partial charge in [-0.2, -0.15) is 4.99 Å². The Morgan fingerprint density at radius 1 is 1.19 bits per heavy atom. The van der Waals surface area contributed by atoms with E-state index in [0.29, 0.717) is 26.2 Å². The fourth-order valence-electron chi connectivity index (χ4n) is 2.57. The van der Waals surface area contributed by atoms with Crippen LogP contribution in [0.1, 0.15) is 21.9 Å². The molecule has 32 heavy (non-hydrogen) atoms.